The minimum atomic E-state index is 1.21. The van der Waals surface area contributed by atoms with Crippen molar-refractivity contribution in [2.24, 2.45) is 0 Å². The van der Waals surface area contributed by atoms with Gasteiger partial charge in [0.2, 0.25) is 0 Å². The summed E-state index contributed by atoms with van der Waals surface area (Å²) in [6, 6.07) is 12.5. The second-order valence-electron chi connectivity index (χ2n) is 2.47. The summed E-state index contributed by atoms with van der Waals surface area (Å²) in [6.45, 7) is 0. The molecule has 2 aromatic rings. The van der Waals surface area contributed by atoms with Crippen molar-refractivity contribution in [2.75, 3.05) is 0 Å². The molecule has 0 N–H and O–H groups in total. The number of rotatable bonds is 2. The molecule has 13 heavy (non-hydrogen) atoms. The molecule has 0 unspecified atom stereocenters. The molecule has 0 radical (unpaired) electrons. The van der Waals surface area contributed by atoms with Gasteiger partial charge in [0, 0.05) is 9.79 Å². The molecule has 1 aromatic carbocycles. The fraction of sp³-hybridized carbons (Fsp3) is 0. The van der Waals surface area contributed by atoms with E-state index in [-0.39, 0.29) is 0 Å². The van der Waals surface area contributed by atoms with Crippen molar-refractivity contribution in [1.82, 2.24) is 0 Å². The highest BCUT2D eigenvalue weighted by molar-refractivity contribution is 9.11. The van der Waals surface area contributed by atoms with E-state index in [0.717, 1.165) is 0 Å². The summed E-state index contributed by atoms with van der Waals surface area (Å²) in [4.78, 5) is 2.57. The van der Waals surface area contributed by atoms with Gasteiger partial charge in [-0.25, -0.2) is 0 Å². The average molecular weight is 271 g/mol. The zero-order valence-electron chi connectivity index (χ0n) is 6.74. The van der Waals surface area contributed by atoms with Crippen LogP contribution in [0.1, 0.15) is 0 Å². The molecule has 0 nitrogen and oxygen atoms in total. The highest BCUT2D eigenvalue weighted by Crippen LogP contribution is 2.36. The Balaban J connectivity index is 2.20. The van der Waals surface area contributed by atoms with E-state index in [4.69, 9.17) is 0 Å². The first-order valence-corrected chi connectivity index (χ1v) is 6.31. The molecule has 0 aliphatic heterocycles. The lowest BCUT2D eigenvalue weighted by atomic mass is 10.4. The van der Waals surface area contributed by atoms with Crippen molar-refractivity contribution in [2.45, 2.75) is 9.79 Å². The Hall–Kier alpha value is -0.250. The number of hydrogen-bond donors (Lipinski definition) is 0. The van der Waals surface area contributed by atoms with Crippen LogP contribution in [-0.2, 0) is 0 Å². The summed E-state index contributed by atoms with van der Waals surface area (Å²) in [6.07, 6.45) is 0. The molecule has 3 heteroatoms. The summed E-state index contributed by atoms with van der Waals surface area (Å²) in [5, 5.41) is 2.09. The van der Waals surface area contributed by atoms with Gasteiger partial charge >= 0.3 is 0 Å². The van der Waals surface area contributed by atoms with Gasteiger partial charge in [0.05, 0.1) is 3.79 Å². The van der Waals surface area contributed by atoms with Crippen LogP contribution in [0.2, 0.25) is 0 Å². The molecule has 0 atom stereocenters. The van der Waals surface area contributed by atoms with Gasteiger partial charge in [-0.1, -0.05) is 30.0 Å². The Kier molecular flexibility index (Phi) is 3.09. The van der Waals surface area contributed by atoms with Crippen LogP contribution in [-0.4, -0.2) is 0 Å². The van der Waals surface area contributed by atoms with Crippen molar-refractivity contribution in [3.63, 3.8) is 0 Å². The molecular formula is C10H7BrS2. The summed E-state index contributed by atoms with van der Waals surface area (Å²) in [5.41, 5.74) is 0. The fourth-order valence-corrected chi connectivity index (χ4v) is 3.29. The van der Waals surface area contributed by atoms with Crippen LogP contribution in [0.25, 0.3) is 0 Å². The maximum atomic E-state index is 3.52. The molecule has 0 spiro atoms. The van der Waals surface area contributed by atoms with Gasteiger partial charge in [-0.15, -0.1) is 11.3 Å². The summed E-state index contributed by atoms with van der Waals surface area (Å²) in [5.74, 6) is 0. The molecular weight excluding hydrogens is 264 g/mol. The first kappa shape index (κ1) is 9.31. The van der Waals surface area contributed by atoms with E-state index in [1.807, 2.05) is 6.07 Å². The molecule has 0 fully saturated rings. The van der Waals surface area contributed by atoms with Crippen molar-refractivity contribution in [1.29, 1.82) is 0 Å². The molecule has 0 aliphatic rings. The quantitative estimate of drug-likeness (QED) is 0.765. The predicted octanol–water partition coefficient (Wildman–Crippen LogP) is 4.66. The van der Waals surface area contributed by atoms with E-state index in [2.05, 4.69) is 51.6 Å². The molecule has 0 saturated heterocycles. The van der Waals surface area contributed by atoms with E-state index >= 15 is 0 Å². The van der Waals surface area contributed by atoms with Crippen LogP contribution in [0, 0.1) is 0 Å². The molecule has 0 amide bonds. The third-order valence-corrected chi connectivity index (χ3v) is 4.70. The van der Waals surface area contributed by atoms with Crippen molar-refractivity contribution in [3.05, 3.63) is 45.6 Å². The molecule has 0 bridgehead atoms. The zero-order chi connectivity index (χ0) is 9.10. The second kappa shape index (κ2) is 4.31. The first-order chi connectivity index (χ1) is 6.36. The Bertz CT molecular complexity index is 381. The Labute approximate surface area is 94.1 Å². The van der Waals surface area contributed by atoms with Crippen molar-refractivity contribution >= 4 is 39.0 Å². The largest absolute Gasteiger partial charge is 0.136 e. The normalized spacial score (nSPS) is 10.2. The minimum Gasteiger partial charge on any atom is -0.136 e. The lowest BCUT2D eigenvalue weighted by Crippen LogP contribution is -1.68. The summed E-state index contributed by atoms with van der Waals surface area (Å²) >= 11 is 7.03. The van der Waals surface area contributed by atoms with Crippen LogP contribution in [0.3, 0.4) is 0 Å². The van der Waals surface area contributed by atoms with Gasteiger partial charge in [0.25, 0.3) is 0 Å². The number of thiophene rings is 1. The summed E-state index contributed by atoms with van der Waals surface area (Å²) in [7, 11) is 0. The standard InChI is InChI=1S/C10H7BrS2/c11-10-9(6-7-12-10)13-8-4-2-1-3-5-8/h1-7H. The van der Waals surface area contributed by atoms with Gasteiger partial charge in [0.1, 0.15) is 0 Å². The molecule has 0 saturated carbocycles. The number of benzene rings is 1. The van der Waals surface area contributed by atoms with Crippen LogP contribution in [0.4, 0.5) is 0 Å². The first-order valence-electron chi connectivity index (χ1n) is 3.82. The third-order valence-electron chi connectivity index (χ3n) is 1.56. The Morgan fingerprint density at radius 2 is 1.85 bits per heavy atom. The van der Waals surface area contributed by atoms with Crippen LogP contribution < -0.4 is 0 Å². The number of hydrogen-bond acceptors (Lipinski definition) is 2. The maximum absolute atomic E-state index is 3.52. The fourth-order valence-electron chi connectivity index (χ4n) is 0.969. The lowest BCUT2D eigenvalue weighted by Gasteiger charge is -1.98. The van der Waals surface area contributed by atoms with Gasteiger partial charge in [-0.05, 0) is 39.5 Å². The highest BCUT2D eigenvalue weighted by atomic mass is 79.9. The molecule has 1 aromatic heterocycles. The van der Waals surface area contributed by atoms with E-state index in [0.29, 0.717) is 0 Å². The van der Waals surface area contributed by atoms with Crippen LogP contribution in [0.15, 0.2) is 55.4 Å². The molecule has 0 aliphatic carbocycles. The van der Waals surface area contributed by atoms with Gasteiger partial charge < -0.3 is 0 Å². The summed E-state index contributed by atoms with van der Waals surface area (Å²) < 4.78 is 1.21. The SMILES string of the molecule is Brc1sccc1Sc1ccccc1. The minimum absolute atomic E-state index is 1.21. The average Bonchev–Trinajstić information content (AvgIpc) is 2.54. The third kappa shape index (κ3) is 2.36. The van der Waals surface area contributed by atoms with Gasteiger partial charge in [-0.3, -0.25) is 0 Å². The topological polar surface area (TPSA) is 0 Å². The molecule has 1 heterocycles. The Morgan fingerprint density at radius 3 is 2.46 bits per heavy atom. The van der Waals surface area contributed by atoms with Crippen molar-refractivity contribution < 1.29 is 0 Å². The van der Waals surface area contributed by atoms with Gasteiger partial charge in [0.15, 0.2) is 0 Å². The van der Waals surface area contributed by atoms with Gasteiger partial charge in [-0.2, -0.15) is 0 Å². The second-order valence-corrected chi connectivity index (χ2v) is 5.82. The Morgan fingerprint density at radius 1 is 1.08 bits per heavy atom. The lowest BCUT2D eigenvalue weighted by molar-refractivity contribution is 1.43. The zero-order valence-corrected chi connectivity index (χ0v) is 9.95. The highest BCUT2D eigenvalue weighted by Gasteiger charge is 2.01. The van der Waals surface area contributed by atoms with E-state index in [1.165, 1.54) is 13.6 Å². The van der Waals surface area contributed by atoms with E-state index in [1.54, 1.807) is 23.1 Å². The smallest absolute Gasteiger partial charge is 0.0837 e. The molecule has 66 valence electrons. The predicted molar refractivity (Wildman–Crippen MR) is 62.6 cm³/mol. The van der Waals surface area contributed by atoms with Crippen LogP contribution in [0.5, 0.6) is 0 Å². The van der Waals surface area contributed by atoms with E-state index < -0.39 is 0 Å². The maximum Gasteiger partial charge on any atom is 0.0837 e. The van der Waals surface area contributed by atoms with Crippen molar-refractivity contribution in [3.8, 4) is 0 Å². The number of halogens is 1. The van der Waals surface area contributed by atoms with Crippen LogP contribution >= 0.6 is 39.0 Å². The van der Waals surface area contributed by atoms with E-state index in [9.17, 15) is 0 Å². The monoisotopic (exact) mass is 270 g/mol. The molecule has 2 rings (SSSR count).